The zero-order valence-electron chi connectivity index (χ0n) is 15.4. The first-order valence-electron chi connectivity index (χ1n) is 9.03. The van der Waals surface area contributed by atoms with Crippen LogP contribution in [0.1, 0.15) is 5.56 Å². The Morgan fingerprint density at radius 3 is 2.37 bits per heavy atom. The Hall–Kier alpha value is -3.49. The van der Waals surface area contributed by atoms with E-state index in [-0.39, 0.29) is 16.2 Å². The van der Waals surface area contributed by atoms with Crippen LogP contribution in [0.3, 0.4) is 0 Å². The van der Waals surface area contributed by atoms with Gasteiger partial charge in [0, 0.05) is 0 Å². The van der Waals surface area contributed by atoms with Gasteiger partial charge < -0.3 is 4.18 Å². The summed E-state index contributed by atoms with van der Waals surface area (Å²) < 4.78 is 32.0. The van der Waals surface area contributed by atoms with E-state index in [1.807, 2.05) is 24.3 Å². The number of hydrogen-bond acceptors (Lipinski definition) is 6. The van der Waals surface area contributed by atoms with Crippen LogP contribution in [0.25, 0.3) is 22.1 Å². The van der Waals surface area contributed by atoms with E-state index < -0.39 is 10.1 Å². The number of fused-ring (bicyclic) bond motifs is 3. The van der Waals surface area contributed by atoms with Gasteiger partial charge in [0.05, 0.1) is 15.6 Å². The Morgan fingerprint density at radius 2 is 1.60 bits per heavy atom. The topological polar surface area (TPSA) is 77.7 Å². The van der Waals surface area contributed by atoms with Crippen LogP contribution in [-0.2, 0) is 10.1 Å². The predicted octanol–water partition coefficient (Wildman–Crippen LogP) is 3.22. The molecule has 2 aromatic heterocycles. The van der Waals surface area contributed by atoms with Crippen LogP contribution in [0.5, 0.6) is 5.75 Å². The molecule has 0 spiro atoms. The van der Waals surface area contributed by atoms with Crippen LogP contribution < -0.4 is 14.3 Å². The molecule has 8 heteroatoms. The van der Waals surface area contributed by atoms with Gasteiger partial charge in [0.15, 0.2) is 4.96 Å². The second kappa shape index (κ2) is 7.08. The molecular formula is C22H14N2O4S2. The highest BCUT2D eigenvalue weighted by molar-refractivity contribution is 7.87. The lowest BCUT2D eigenvalue weighted by Gasteiger charge is -2.06. The van der Waals surface area contributed by atoms with E-state index in [9.17, 15) is 13.2 Å². The van der Waals surface area contributed by atoms with E-state index in [2.05, 4.69) is 4.98 Å². The van der Waals surface area contributed by atoms with Crippen molar-refractivity contribution in [2.75, 3.05) is 0 Å². The summed E-state index contributed by atoms with van der Waals surface area (Å²) in [5, 5.41) is 0. The van der Waals surface area contributed by atoms with Crippen molar-refractivity contribution in [2.45, 2.75) is 4.90 Å². The fourth-order valence-electron chi connectivity index (χ4n) is 3.14. The first-order chi connectivity index (χ1) is 14.5. The smallest absolute Gasteiger partial charge is 0.339 e. The summed E-state index contributed by atoms with van der Waals surface area (Å²) >= 11 is 1.31. The highest BCUT2D eigenvalue weighted by Crippen LogP contribution is 2.20. The molecular weight excluding hydrogens is 420 g/mol. The molecule has 2 heterocycles. The number of aromatic nitrogens is 2. The fourth-order valence-corrected chi connectivity index (χ4v) is 5.08. The number of nitrogens with zero attached hydrogens (tertiary/aromatic N) is 2. The van der Waals surface area contributed by atoms with Crippen molar-refractivity contribution < 1.29 is 12.6 Å². The molecule has 0 aliphatic heterocycles. The molecule has 30 heavy (non-hydrogen) atoms. The van der Waals surface area contributed by atoms with E-state index in [0.717, 1.165) is 16.6 Å². The maximum Gasteiger partial charge on any atom is 0.339 e. The van der Waals surface area contributed by atoms with Crippen LogP contribution in [-0.4, -0.2) is 17.8 Å². The Labute approximate surface area is 175 Å². The molecule has 0 bridgehead atoms. The van der Waals surface area contributed by atoms with E-state index in [1.54, 1.807) is 52.9 Å². The highest BCUT2D eigenvalue weighted by Gasteiger charge is 2.16. The third-order valence-electron chi connectivity index (χ3n) is 4.56. The van der Waals surface area contributed by atoms with Gasteiger partial charge in [0.1, 0.15) is 10.6 Å². The van der Waals surface area contributed by atoms with Gasteiger partial charge in [-0.25, -0.2) is 9.38 Å². The van der Waals surface area contributed by atoms with Crippen molar-refractivity contribution in [3.05, 3.63) is 99.3 Å². The molecule has 5 rings (SSSR count). The molecule has 0 aliphatic carbocycles. The Morgan fingerprint density at radius 1 is 0.900 bits per heavy atom. The summed E-state index contributed by atoms with van der Waals surface area (Å²) in [5.41, 5.74) is 2.19. The molecule has 0 fully saturated rings. The standard InChI is InChI=1S/C22H14N2O4S2/c25-21-20(29-22-23-18-8-4-5-9-19(18)24(21)22)14-15-10-12-16(13-11-15)28-30(26,27)17-6-2-1-3-7-17/h1-14H/b20-14+. The molecule has 148 valence electrons. The molecule has 6 nitrogen and oxygen atoms in total. The summed E-state index contributed by atoms with van der Waals surface area (Å²) in [5.74, 6) is 0.199. The lowest BCUT2D eigenvalue weighted by atomic mass is 10.2. The lowest BCUT2D eigenvalue weighted by Crippen LogP contribution is -2.22. The fraction of sp³-hybridized carbons (Fsp3) is 0. The van der Waals surface area contributed by atoms with Crippen LogP contribution >= 0.6 is 11.3 Å². The number of rotatable bonds is 4. The average molecular weight is 434 g/mol. The summed E-state index contributed by atoms with van der Waals surface area (Å²) in [6.07, 6.45) is 1.76. The lowest BCUT2D eigenvalue weighted by molar-refractivity contribution is 0.486. The molecule has 0 amide bonds. The van der Waals surface area contributed by atoms with Crippen molar-refractivity contribution >= 4 is 43.5 Å². The molecule has 0 saturated heterocycles. The third-order valence-corrected chi connectivity index (χ3v) is 6.79. The third kappa shape index (κ3) is 3.26. The Bertz CT molecular complexity index is 1590. The van der Waals surface area contributed by atoms with Gasteiger partial charge in [-0.15, -0.1) is 0 Å². The largest absolute Gasteiger partial charge is 0.379 e. The summed E-state index contributed by atoms with van der Waals surface area (Å²) in [7, 11) is -3.89. The number of imidazole rings is 1. The SMILES string of the molecule is O=c1/c(=C\c2ccc(OS(=O)(=O)c3ccccc3)cc2)sc2nc3ccccc3n12. The van der Waals surface area contributed by atoms with E-state index >= 15 is 0 Å². The predicted molar refractivity (Wildman–Crippen MR) is 116 cm³/mol. The second-order valence-corrected chi connectivity index (χ2v) is 9.11. The van der Waals surface area contributed by atoms with Gasteiger partial charge in [-0.1, -0.05) is 53.8 Å². The summed E-state index contributed by atoms with van der Waals surface area (Å²) in [4.78, 5) is 18.0. The number of thiazole rings is 1. The quantitative estimate of drug-likeness (QED) is 0.406. The van der Waals surface area contributed by atoms with Crippen LogP contribution in [0.2, 0.25) is 0 Å². The molecule has 0 saturated carbocycles. The summed E-state index contributed by atoms with van der Waals surface area (Å²) in [6.45, 7) is 0. The van der Waals surface area contributed by atoms with E-state index in [4.69, 9.17) is 4.18 Å². The van der Waals surface area contributed by atoms with Crippen molar-refractivity contribution in [2.24, 2.45) is 0 Å². The van der Waals surface area contributed by atoms with Gasteiger partial charge >= 0.3 is 10.1 Å². The Balaban J connectivity index is 1.47. The molecule has 0 N–H and O–H groups in total. The van der Waals surface area contributed by atoms with Gasteiger partial charge in [0.25, 0.3) is 5.56 Å². The second-order valence-electron chi connectivity index (χ2n) is 6.55. The number of benzene rings is 3. The van der Waals surface area contributed by atoms with E-state index in [0.29, 0.717) is 9.49 Å². The molecule has 0 atom stereocenters. The van der Waals surface area contributed by atoms with Crippen molar-refractivity contribution in [1.82, 2.24) is 9.38 Å². The number of para-hydroxylation sites is 2. The van der Waals surface area contributed by atoms with E-state index in [1.165, 1.54) is 23.5 Å². The van der Waals surface area contributed by atoms with Crippen LogP contribution in [0, 0.1) is 0 Å². The normalized spacial score (nSPS) is 12.6. The maximum absolute atomic E-state index is 12.8. The van der Waals surface area contributed by atoms with Gasteiger partial charge in [-0.2, -0.15) is 8.42 Å². The first kappa shape index (κ1) is 18.5. The van der Waals surface area contributed by atoms with Crippen LogP contribution in [0.15, 0.2) is 88.6 Å². The molecule has 3 aromatic carbocycles. The Kier molecular flexibility index (Phi) is 4.38. The zero-order valence-corrected chi connectivity index (χ0v) is 17.1. The van der Waals surface area contributed by atoms with Gasteiger partial charge in [0.2, 0.25) is 0 Å². The highest BCUT2D eigenvalue weighted by atomic mass is 32.2. The molecule has 0 radical (unpaired) electrons. The zero-order chi connectivity index (χ0) is 20.7. The molecule has 0 unspecified atom stereocenters. The summed E-state index contributed by atoms with van der Waals surface area (Å²) in [6, 6.07) is 22.0. The number of hydrogen-bond donors (Lipinski definition) is 0. The molecule has 5 aromatic rings. The van der Waals surface area contributed by atoms with Crippen molar-refractivity contribution in [3.8, 4) is 5.75 Å². The van der Waals surface area contributed by atoms with Crippen LogP contribution in [0.4, 0.5) is 0 Å². The first-order valence-corrected chi connectivity index (χ1v) is 11.3. The minimum absolute atomic E-state index is 0.0887. The van der Waals surface area contributed by atoms with Gasteiger partial charge in [-0.3, -0.25) is 4.79 Å². The maximum atomic E-state index is 12.8. The van der Waals surface area contributed by atoms with Gasteiger partial charge in [-0.05, 0) is 48.0 Å². The minimum Gasteiger partial charge on any atom is -0.379 e. The monoisotopic (exact) mass is 434 g/mol. The van der Waals surface area contributed by atoms with Crippen molar-refractivity contribution in [3.63, 3.8) is 0 Å². The van der Waals surface area contributed by atoms with Crippen molar-refractivity contribution in [1.29, 1.82) is 0 Å². The minimum atomic E-state index is -3.89. The average Bonchev–Trinajstić information content (AvgIpc) is 3.26. The molecule has 0 aliphatic rings.